The smallest absolute Gasteiger partial charge is 0.0384 e. The highest BCUT2D eigenvalue weighted by molar-refractivity contribution is 5.36. The average molecular weight is 180 g/mol. The van der Waals surface area contributed by atoms with Crippen molar-refractivity contribution in [1.29, 1.82) is 0 Å². The molecule has 0 aromatic rings. The molecule has 1 N–H and O–H groups in total. The molecule has 13 heavy (non-hydrogen) atoms. The van der Waals surface area contributed by atoms with Gasteiger partial charge >= 0.3 is 0 Å². The molecule has 1 aliphatic rings. The van der Waals surface area contributed by atoms with Crippen LogP contribution in [0.15, 0.2) is 23.5 Å². The normalized spacial score (nSPS) is 21.0. The van der Waals surface area contributed by atoms with Gasteiger partial charge in [0.2, 0.25) is 0 Å². The molecule has 74 valence electrons. The number of allylic oxidation sites excluding steroid dienone is 1. The number of nitrogens with one attached hydrogen (secondary N) is 1. The first-order chi connectivity index (χ1) is 6.15. The Balaban J connectivity index is 2.34. The van der Waals surface area contributed by atoms with Crippen molar-refractivity contribution in [1.82, 2.24) is 10.2 Å². The molecule has 0 radical (unpaired) electrons. The summed E-state index contributed by atoms with van der Waals surface area (Å²) in [6.07, 6.45) is 5.45. The first-order valence-electron chi connectivity index (χ1n) is 4.99. The van der Waals surface area contributed by atoms with Crippen LogP contribution in [0, 0.1) is 0 Å². The van der Waals surface area contributed by atoms with E-state index in [1.165, 1.54) is 11.3 Å². The van der Waals surface area contributed by atoms with Crippen LogP contribution in [0.5, 0.6) is 0 Å². The zero-order valence-corrected chi connectivity index (χ0v) is 9.09. The maximum atomic E-state index is 3.19. The van der Waals surface area contributed by atoms with Gasteiger partial charge in [0.15, 0.2) is 0 Å². The summed E-state index contributed by atoms with van der Waals surface area (Å²) in [5, 5.41) is 3.19. The van der Waals surface area contributed by atoms with E-state index in [1.807, 2.05) is 6.20 Å². The van der Waals surface area contributed by atoms with Crippen LogP contribution < -0.4 is 5.32 Å². The van der Waals surface area contributed by atoms with Gasteiger partial charge in [0.05, 0.1) is 0 Å². The third-order valence-corrected chi connectivity index (χ3v) is 2.78. The SMILES string of the molecule is CCN(C)C(C)C/C=C1/NC=C1C. The molecule has 0 bridgehead atoms. The Morgan fingerprint density at radius 3 is 2.69 bits per heavy atom. The summed E-state index contributed by atoms with van der Waals surface area (Å²) in [6.45, 7) is 7.71. The highest BCUT2D eigenvalue weighted by Crippen LogP contribution is 2.15. The molecule has 0 spiro atoms. The lowest BCUT2D eigenvalue weighted by Crippen LogP contribution is -2.28. The second kappa shape index (κ2) is 4.47. The molecule has 1 heterocycles. The highest BCUT2D eigenvalue weighted by atomic mass is 15.1. The van der Waals surface area contributed by atoms with E-state index < -0.39 is 0 Å². The summed E-state index contributed by atoms with van der Waals surface area (Å²) in [6, 6.07) is 0.632. The minimum absolute atomic E-state index is 0.632. The predicted molar refractivity (Wildman–Crippen MR) is 57.4 cm³/mol. The molecule has 0 aliphatic carbocycles. The largest absolute Gasteiger partial charge is 0.361 e. The summed E-state index contributed by atoms with van der Waals surface area (Å²) in [7, 11) is 2.17. The van der Waals surface area contributed by atoms with Crippen LogP contribution in [0.3, 0.4) is 0 Å². The Hall–Kier alpha value is -0.760. The van der Waals surface area contributed by atoms with Crippen LogP contribution in [0.2, 0.25) is 0 Å². The molecule has 1 rings (SSSR count). The van der Waals surface area contributed by atoms with Gasteiger partial charge in [-0.3, -0.25) is 0 Å². The van der Waals surface area contributed by atoms with Crippen LogP contribution in [-0.4, -0.2) is 24.5 Å². The van der Waals surface area contributed by atoms with Gasteiger partial charge in [-0.15, -0.1) is 0 Å². The van der Waals surface area contributed by atoms with Crippen molar-refractivity contribution in [2.45, 2.75) is 33.2 Å². The molecule has 2 nitrogen and oxygen atoms in total. The Kier molecular flexibility index (Phi) is 3.55. The van der Waals surface area contributed by atoms with Crippen molar-refractivity contribution in [2.24, 2.45) is 0 Å². The van der Waals surface area contributed by atoms with E-state index >= 15 is 0 Å². The van der Waals surface area contributed by atoms with E-state index in [4.69, 9.17) is 0 Å². The molecular formula is C11H20N2. The quantitative estimate of drug-likeness (QED) is 0.713. The van der Waals surface area contributed by atoms with Crippen LogP contribution in [0.4, 0.5) is 0 Å². The molecule has 1 unspecified atom stereocenters. The molecule has 0 aromatic carbocycles. The number of rotatable bonds is 4. The molecular weight excluding hydrogens is 160 g/mol. The summed E-state index contributed by atoms with van der Waals surface area (Å²) in [4.78, 5) is 2.36. The van der Waals surface area contributed by atoms with Gasteiger partial charge in [0, 0.05) is 17.9 Å². The second-order valence-corrected chi connectivity index (χ2v) is 3.75. The van der Waals surface area contributed by atoms with Gasteiger partial charge in [-0.2, -0.15) is 0 Å². The Bertz CT molecular complexity index is 228. The van der Waals surface area contributed by atoms with E-state index in [0.717, 1.165) is 13.0 Å². The zero-order valence-electron chi connectivity index (χ0n) is 9.09. The third kappa shape index (κ3) is 2.59. The van der Waals surface area contributed by atoms with Crippen LogP contribution >= 0.6 is 0 Å². The number of hydrogen-bond acceptors (Lipinski definition) is 2. The lowest BCUT2D eigenvalue weighted by atomic mass is 10.1. The van der Waals surface area contributed by atoms with Gasteiger partial charge in [-0.1, -0.05) is 13.0 Å². The lowest BCUT2D eigenvalue weighted by Gasteiger charge is -2.23. The van der Waals surface area contributed by atoms with Crippen molar-refractivity contribution < 1.29 is 0 Å². The standard InChI is InChI=1S/C11H20N2/c1-5-13(4)10(3)6-7-11-9(2)8-12-11/h7-8,10,12H,5-6H2,1-4H3/b11-7+. The van der Waals surface area contributed by atoms with Gasteiger partial charge in [-0.25, -0.2) is 0 Å². The van der Waals surface area contributed by atoms with Crippen molar-refractivity contribution >= 4 is 0 Å². The molecule has 0 amide bonds. The molecule has 0 saturated heterocycles. The molecule has 0 aromatic heterocycles. The average Bonchev–Trinajstić information content (AvgIpc) is 2.14. The van der Waals surface area contributed by atoms with E-state index in [2.05, 4.69) is 44.1 Å². The third-order valence-electron chi connectivity index (χ3n) is 2.78. The fourth-order valence-electron chi connectivity index (χ4n) is 1.30. The maximum Gasteiger partial charge on any atom is 0.0384 e. The minimum Gasteiger partial charge on any atom is -0.361 e. The van der Waals surface area contributed by atoms with E-state index in [0.29, 0.717) is 6.04 Å². The maximum absolute atomic E-state index is 3.19. The Morgan fingerprint density at radius 1 is 1.62 bits per heavy atom. The molecule has 0 saturated carbocycles. The van der Waals surface area contributed by atoms with Crippen molar-refractivity contribution in [3.8, 4) is 0 Å². The Morgan fingerprint density at radius 2 is 2.31 bits per heavy atom. The molecule has 0 fully saturated rings. The van der Waals surface area contributed by atoms with Gasteiger partial charge in [0.25, 0.3) is 0 Å². The second-order valence-electron chi connectivity index (χ2n) is 3.75. The van der Waals surface area contributed by atoms with Crippen LogP contribution in [-0.2, 0) is 0 Å². The lowest BCUT2D eigenvalue weighted by molar-refractivity contribution is 0.272. The highest BCUT2D eigenvalue weighted by Gasteiger charge is 2.09. The fraction of sp³-hybridized carbons (Fsp3) is 0.636. The summed E-state index contributed by atoms with van der Waals surface area (Å²) < 4.78 is 0. The fourth-order valence-corrected chi connectivity index (χ4v) is 1.30. The van der Waals surface area contributed by atoms with Crippen molar-refractivity contribution in [3.05, 3.63) is 23.5 Å². The number of nitrogens with zero attached hydrogens (tertiary/aromatic N) is 1. The van der Waals surface area contributed by atoms with Crippen molar-refractivity contribution in [3.63, 3.8) is 0 Å². The number of hydrogen-bond donors (Lipinski definition) is 1. The van der Waals surface area contributed by atoms with Gasteiger partial charge in [0.1, 0.15) is 0 Å². The summed E-state index contributed by atoms with van der Waals surface area (Å²) >= 11 is 0. The van der Waals surface area contributed by atoms with Gasteiger partial charge in [-0.05, 0) is 39.4 Å². The molecule has 1 atom stereocenters. The van der Waals surface area contributed by atoms with Gasteiger partial charge < -0.3 is 10.2 Å². The van der Waals surface area contributed by atoms with E-state index in [1.54, 1.807) is 0 Å². The van der Waals surface area contributed by atoms with Crippen molar-refractivity contribution in [2.75, 3.05) is 13.6 Å². The topological polar surface area (TPSA) is 15.3 Å². The monoisotopic (exact) mass is 180 g/mol. The zero-order chi connectivity index (χ0) is 9.84. The predicted octanol–water partition coefficient (Wildman–Crippen LogP) is 2.11. The van der Waals surface area contributed by atoms with E-state index in [9.17, 15) is 0 Å². The minimum atomic E-state index is 0.632. The summed E-state index contributed by atoms with van der Waals surface area (Å²) in [5.74, 6) is 0. The summed E-state index contributed by atoms with van der Waals surface area (Å²) in [5.41, 5.74) is 2.67. The molecule has 2 heteroatoms. The first-order valence-corrected chi connectivity index (χ1v) is 4.99. The van der Waals surface area contributed by atoms with Crippen LogP contribution in [0.25, 0.3) is 0 Å². The van der Waals surface area contributed by atoms with E-state index in [-0.39, 0.29) is 0 Å². The molecule has 1 aliphatic heterocycles. The van der Waals surface area contributed by atoms with Crippen LogP contribution in [0.1, 0.15) is 27.2 Å². The first kappa shape index (κ1) is 10.3. The Labute approximate surface area is 81.3 Å².